The average Bonchev–Trinajstić information content (AvgIpc) is 3.14. The van der Waals surface area contributed by atoms with E-state index >= 15 is 0 Å². The van der Waals surface area contributed by atoms with Gasteiger partial charge in [-0.25, -0.2) is 5.84 Å². The summed E-state index contributed by atoms with van der Waals surface area (Å²) in [5, 5.41) is 8.88. The molecule has 0 radical (unpaired) electrons. The highest BCUT2D eigenvalue weighted by molar-refractivity contribution is 5.69. The third kappa shape index (κ3) is 3.18. The number of hydrogen-bond donors (Lipinski definition) is 3. The Bertz CT molecular complexity index is 532. The van der Waals surface area contributed by atoms with Gasteiger partial charge in [0.2, 0.25) is 0 Å². The first-order chi connectivity index (χ1) is 9.15. The van der Waals surface area contributed by atoms with E-state index in [9.17, 15) is 0 Å². The highest BCUT2D eigenvalue weighted by atomic mass is 16.5. The first-order valence-electron chi connectivity index (χ1n) is 6.25. The van der Waals surface area contributed by atoms with E-state index in [-0.39, 0.29) is 5.70 Å². The number of rotatable bonds is 5. The maximum atomic E-state index is 8.88. The van der Waals surface area contributed by atoms with Crippen LogP contribution in [0.1, 0.15) is 18.9 Å². The quantitative estimate of drug-likeness (QED) is 0.420. The summed E-state index contributed by atoms with van der Waals surface area (Å²) < 4.78 is 5.73. The second kappa shape index (κ2) is 5.63. The highest BCUT2D eigenvalue weighted by Crippen LogP contribution is 2.37. The van der Waals surface area contributed by atoms with E-state index in [2.05, 4.69) is 12.3 Å². The molecule has 2 unspecified atom stereocenters. The molecule has 0 bridgehead atoms. The van der Waals surface area contributed by atoms with Crippen LogP contribution in [0.3, 0.4) is 0 Å². The number of hydrazine groups is 1. The van der Waals surface area contributed by atoms with Gasteiger partial charge in [-0.05, 0) is 30.4 Å². The third-order valence-corrected chi connectivity index (χ3v) is 3.41. The van der Waals surface area contributed by atoms with E-state index in [0.29, 0.717) is 11.6 Å². The normalized spacial score (nSPS) is 22.2. The lowest BCUT2D eigenvalue weighted by Gasteiger charge is -2.09. The maximum absolute atomic E-state index is 8.88. The van der Waals surface area contributed by atoms with Crippen molar-refractivity contribution in [2.75, 3.05) is 6.61 Å². The fraction of sp³-hybridized carbons (Fsp3) is 0.357. The molecule has 5 heteroatoms. The summed E-state index contributed by atoms with van der Waals surface area (Å²) in [7, 11) is 0. The molecule has 19 heavy (non-hydrogen) atoms. The zero-order valence-electron chi connectivity index (χ0n) is 10.9. The molecule has 1 aliphatic carbocycles. The van der Waals surface area contributed by atoms with Crippen molar-refractivity contribution in [2.24, 2.45) is 23.4 Å². The molecule has 1 saturated carbocycles. The summed E-state index contributed by atoms with van der Waals surface area (Å²) in [6.07, 6.45) is 1.23. The zero-order valence-corrected chi connectivity index (χ0v) is 10.9. The minimum absolute atomic E-state index is 0.146. The Kier molecular flexibility index (Phi) is 3.93. The molecule has 5 N–H and O–H groups in total. The van der Waals surface area contributed by atoms with Crippen molar-refractivity contribution in [3.8, 4) is 11.8 Å². The van der Waals surface area contributed by atoms with Gasteiger partial charge in [-0.1, -0.05) is 19.1 Å². The molecule has 1 aromatic rings. The lowest BCUT2D eigenvalue weighted by molar-refractivity contribution is 0.293. The van der Waals surface area contributed by atoms with Gasteiger partial charge < -0.3 is 15.9 Å². The van der Waals surface area contributed by atoms with Crippen molar-refractivity contribution < 1.29 is 4.74 Å². The van der Waals surface area contributed by atoms with Crippen LogP contribution in [-0.2, 0) is 0 Å². The molecule has 0 aromatic heterocycles. The smallest absolute Gasteiger partial charge is 0.151 e. The van der Waals surface area contributed by atoms with Gasteiger partial charge in [-0.15, -0.1) is 0 Å². The number of nitrogens with zero attached hydrogens (tertiary/aromatic N) is 1. The molecule has 2 rings (SSSR count). The van der Waals surface area contributed by atoms with E-state index in [1.807, 2.05) is 30.3 Å². The number of allylic oxidation sites excluding steroid dienone is 1. The second-order valence-electron chi connectivity index (χ2n) is 4.86. The van der Waals surface area contributed by atoms with Gasteiger partial charge in [0.25, 0.3) is 0 Å². The van der Waals surface area contributed by atoms with Gasteiger partial charge in [0, 0.05) is 5.56 Å². The molecule has 0 heterocycles. The van der Waals surface area contributed by atoms with Crippen LogP contribution in [0.2, 0.25) is 0 Å². The first-order valence-corrected chi connectivity index (χ1v) is 6.25. The molecule has 1 aromatic carbocycles. The minimum Gasteiger partial charge on any atom is -0.493 e. The van der Waals surface area contributed by atoms with Crippen molar-refractivity contribution in [3.05, 3.63) is 35.5 Å². The molecule has 100 valence electrons. The lowest BCUT2D eigenvalue weighted by atomic mass is 10.1. The average molecular weight is 258 g/mol. The molecule has 0 amide bonds. The van der Waals surface area contributed by atoms with Crippen LogP contribution in [0.5, 0.6) is 5.75 Å². The summed E-state index contributed by atoms with van der Waals surface area (Å²) in [5.41, 5.74) is 9.35. The number of nitrogens with two attached hydrogens (primary N) is 2. The van der Waals surface area contributed by atoms with Gasteiger partial charge in [0.1, 0.15) is 11.8 Å². The van der Waals surface area contributed by atoms with Gasteiger partial charge in [-0.2, -0.15) is 5.26 Å². The van der Waals surface area contributed by atoms with Crippen molar-refractivity contribution in [1.82, 2.24) is 5.43 Å². The van der Waals surface area contributed by atoms with Crippen LogP contribution in [0, 0.1) is 23.2 Å². The van der Waals surface area contributed by atoms with Gasteiger partial charge >= 0.3 is 0 Å². The van der Waals surface area contributed by atoms with Gasteiger partial charge in [-0.3, -0.25) is 0 Å². The summed E-state index contributed by atoms with van der Waals surface area (Å²) >= 11 is 0. The predicted octanol–water partition coefficient (Wildman–Crippen LogP) is 1.34. The van der Waals surface area contributed by atoms with Gasteiger partial charge in [0.05, 0.1) is 12.3 Å². The van der Waals surface area contributed by atoms with Gasteiger partial charge in [0.15, 0.2) is 5.70 Å². The first kappa shape index (κ1) is 13.2. The number of benzene rings is 1. The summed E-state index contributed by atoms with van der Waals surface area (Å²) in [6.45, 7) is 2.95. The largest absolute Gasteiger partial charge is 0.493 e. The van der Waals surface area contributed by atoms with Crippen LogP contribution >= 0.6 is 0 Å². The Labute approximate surface area is 112 Å². The number of nitriles is 1. The van der Waals surface area contributed by atoms with Crippen LogP contribution in [-0.4, -0.2) is 6.61 Å². The third-order valence-electron chi connectivity index (χ3n) is 3.41. The summed E-state index contributed by atoms with van der Waals surface area (Å²) in [4.78, 5) is 0. The summed E-state index contributed by atoms with van der Waals surface area (Å²) in [5.74, 6) is 7.43. The molecule has 1 aliphatic rings. The van der Waals surface area contributed by atoms with Crippen molar-refractivity contribution in [1.29, 1.82) is 5.26 Å². The maximum Gasteiger partial charge on any atom is 0.151 e. The molecule has 5 nitrogen and oxygen atoms in total. The Morgan fingerprint density at radius 3 is 2.89 bits per heavy atom. The number of nitrogens with one attached hydrogen (secondary N) is 1. The fourth-order valence-electron chi connectivity index (χ4n) is 1.90. The van der Waals surface area contributed by atoms with Crippen LogP contribution in [0.15, 0.2) is 30.0 Å². The van der Waals surface area contributed by atoms with Crippen LogP contribution in [0.25, 0.3) is 5.70 Å². The Morgan fingerprint density at radius 1 is 1.58 bits per heavy atom. The molecule has 0 aliphatic heterocycles. The van der Waals surface area contributed by atoms with Crippen molar-refractivity contribution in [3.63, 3.8) is 0 Å². The predicted molar refractivity (Wildman–Crippen MR) is 73.3 cm³/mol. The number of hydrogen-bond acceptors (Lipinski definition) is 5. The Morgan fingerprint density at radius 2 is 2.32 bits per heavy atom. The molecule has 1 fully saturated rings. The molecular formula is C14H18N4O. The van der Waals surface area contributed by atoms with E-state index < -0.39 is 0 Å². The monoisotopic (exact) mass is 258 g/mol. The van der Waals surface area contributed by atoms with Crippen LogP contribution < -0.4 is 21.7 Å². The van der Waals surface area contributed by atoms with E-state index in [4.69, 9.17) is 21.6 Å². The standard InChI is InChI=1S/C14H18N4O/c1-9-5-11(9)8-19-12-4-2-3-10(6-12)14(16)13(7-15)18-17/h2-4,6,9,11,18H,5,8,16-17H2,1H3/b14-13-. The zero-order chi connectivity index (χ0) is 13.8. The topological polar surface area (TPSA) is 97.1 Å². The van der Waals surface area contributed by atoms with E-state index in [1.54, 1.807) is 0 Å². The lowest BCUT2D eigenvalue weighted by Crippen LogP contribution is -2.23. The fourth-order valence-corrected chi connectivity index (χ4v) is 1.90. The Hall–Kier alpha value is -2.19. The molecular weight excluding hydrogens is 240 g/mol. The van der Waals surface area contributed by atoms with Crippen molar-refractivity contribution >= 4 is 5.70 Å². The highest BCUT2D eigenvalue weighted by Gasteiger charge is 2.32. The van der Waals surface area contributed by atoms with Crippen molar-refractivity contribution in [2.45, 2.75) is 13.3 Å². The molecule has 0 spiro atoms. The minimum atomic E-state index is 0.146. The molecule has 0 saturated heterocycles. The Balaban J connectivity index is 2.10. The van der Waals surface area contributed by atoms with E-state index in [0.717, 1.165) is 23.8 Å². The van der Waals surface area contributed by atoms with E-state index in [1.165, 1.54) is 6.42 Å². The molecule has 2 atom stereocenters. The second-order valence-corrected chi connectivity index (χ2v) is 4.86. The summed E-state index contributed by atoms with van der Waals surface area (Å²) in [6, 6.07) is 9.27. The SMILES string of the molecule is CC1CC1COc1cccc(/C(N)=C(\C#N)NN)c1. The number of ether oxygens (including phenoxy) is 1. The van der Waals surface area contributed by atoms with Crippen LogP contribution in [0.4, 0.5) is 0 Å².